The van der Waals surface area contributed by atoms with Crippen LogP contribution in [-0.2, 0) is 0 Å². The highest BCUT2D eigenvalue weighted by Crippen LogP contribution is 2.09. The second-order valence-corrected chi connectivity index (χ2v) is 2.69. The SMILES string of the molecule is OCC(O)CC1CC=CC=N1. The lowest BCUT2D eigenvalue weighted by atomic mass is 10.1. The fourth-order valence-corrected chi connectivity index (χ4v) is 1.07. The molecule has 0 fully saturated rings. The molecule has 2 unspecified atom stereocenters. The van der Waals surface area contributed by atoms with Crippen molar-refractivity contribution >= 4 is 6.21 Å². The van der Waals surface area contributed by atoms with Crippen molar-refractivity contribution in [3.05, 3.63) is 12.2 Å². The largest absolute Gasteiger partial charge is 0.394 e. The van der Waals surface area contributed by atoms with Crippen LogP contribution in [0.15, 0.2) is 17.1 Å². The monoisotopic (exact) mass is 155 g/mol. The molecule has 0 aromatic carbocycles. The van der Waals surface area contributed by atoms with E-state index in [1.54, 1.807) is 6.21 Å². The van der Waals surface area contributed by atoms with Crippen LogP contribution in [-0.4, -0.2) is 35.2 Å². The minimum absolute atomic E-state index is 0.155. The molecule has 0 saturated heterocycles. The highest BCUT2D eigenvalue weighted by Gasteiger charge is 2.11. The number of aliphatic imine (C=N–C) groups is 1. The number of allylic oxidation sites excluding steroid dienone is 1. The Kier molecular flexibility index (Phi) is 3.26. The number of hydrogen-bond donors (Lipinski definition) is 2. The molecular weight excluding hydrogens is 142 g/mol. The van der Waals surface area contributed by atoms with Crippen molar-refractivity contribution < 1.29 is 10.2 Å². The van der Waals surface area contributed by atoms with Crippen molar-refractivity contribution in [3.63, 3.8) is 0 Å². The van der Waals surface area contributed by atoms with Gasteiger partial charge >= 0.3 is 0 Å². The molecule has 3 nitrogen and oxygen atoms in total. The first-order valence-electron chi connectivity index (χ1n) is 3.80. The summed E-state index contributed by atoms with van der Waals surface area (Å²) < 4.78 is 0. The smallest absolute Gasteiger partial charge is 0.0791 e. The maximum absolute atomic E-state index is 9.06. The fraction of sp³-hybridized carbons (Fsp3) is 0.625. The Balaban J connectivity index is 2.27. The van der Waals surface area contributed by atoms with Crippen LogP contribution in [0.2, 0.25) is 0 Å². The van der Waals surface area contributed by atoms with Crippen molar-refractivity contribution in [2.75, 3.05) is 6.61 Å². The van der Waals surface area contributed by atoms with Crippen LogP contribution >= 0.6 is 0 Å². The summed E-state index contributed by atoms with van der Waals surface area (Å²) >= 11 is 0. The quantitative estimate of drug-likeness (QED) is 0.608. The Morgan fingerprint density at radius 3 is 3.00 bits per heavy atom. The lowest BCUT2D eigenvalue weighted by Crippen LogP contribution is -2.20. The zero-order chi connectivity index (χ0) is 8.10. The molecule has 0 aliphatic carbocycles. The number of nitrogens with zero attached hydrogens (tertiary/aromatic N) is 1. The molecule has 1 aliphatic heterocycles. The van der Waals surface area contributed by atoms with Gasteiger partial charge in [0.1, 0.15) is 0 Å². The Morgan fingerprint density at radius 2 is 2.45 bits per heavy atom. The summed E-state index contributed by atoms with van der Waals surface area (Å²) in [5.74, 6) is 0. The first-order valence-corrected chi connectivity index (χ1v) is 3.80. The number of hydrogen-bond acceptors (Lipinski definition) is 3. The number of aliphatic hydroxyl groups excluding tert-OH is 2. The van der Waals surface area contributed by atoms with E-state index in [0.717, 1.165) is 6.42 Å². The molecule has 0 spiro atoms. The number of dihydropyridines is 1. The molecule has 11 heavy (non-hydrogen) atoms. The van der Waals surface area contributed by atoms with Crippen LogP contribution in [0.25, 0.3) is 0 Å². The Morgan fingerprint density at radius 1 is 1.64 bits per heavy atom. The summed E-state index contributed by atoms with van der Waals surface area (Å²) in [6.45, 7) is -0.171. The van der Waals surface area contributed by atoms with Gasteiger partial charge in [-0.05, 0) is 18.9 Å². The minimum Gasteiger partial charge on any atom is -0.394 e. The van der Waals surface area contributed by atoms with E-state index in [0.29, 0.717) is 6.42 Å². The van der Waals surface area contributed by atoms with Crippen molar-refractivity contribution in [2.45, 2.75) is 25.0 Å². The summed E-state index contributed by atoms with van der Waals surface area (Å²) in [7, 11) is 0. The van der Waals surface area contributed by atoms with E-state index in [4.69, 9.17) is 10.2 Å². The molecule has 0 aromatic rings. The first-order chi connectivity index (χ1) is 5.33. The molecule has 62 valence electrons. The lowest BCUT2D eigenvalue weighted by Gasteiger charge is -2.14. The number of rotatable bonds is 3. The van der Waals surface area contributed by atoms with Gasteiger partial charge in [0.05, 0.1) is 18.8 Å². The first kappa shape index (κ1) is 8.43. The highest BCUT2D eigenvalue weighted by atomic mass is 16.3. The van der Waals surface area contributed by atoms with Gasteiger partial charge < -0.3 is 10.2 Å². The number of aliphatic hydroxyl groups is 2. The average Bonchev–Trinajstić information content (AvgIpc) is 2.06. The zero-order valence-electron chi connectivity index (χ0n) is 6.35. The molecule has 1 heterocycles. The molecular formula is C8H13NO2. The van der Waals surface area contributed by atoms with Gasteiger partial charge in [0.25, 0.3) is 0 Å². The maximum atomic E-state index is 9.06. The Bertz CT molecular complexity index is 165. The molecule has 2 N–H and O–H groups in total. The molecule has 2 atom stereocenters. The molecule has 0 aromatic heterocycles. The molecule has 1 rings (SSSR count). The molecule has 3 heteroatoms. The van der Waals surface area contributed by atoms with Crippen LogP contribution in [0.5, 0.6) is 0 Å². The highest BCUT2D eigenvalue weighted by molar-refractivity contribution is 5.72. The third kappa shape index (κ3) is 2.82. The third-order valence-electron chi connectivity index (χ3n) is 1.68. The summed E-state index contributed by atoms with van der Waals surface area (Å²) in [6, 6.07) is 0.155. The van der Waals surface area contributed by atoms with Gasteiger partial charge in [-0.25, -0.2) is 0 Å². The van der Waals surface area contributed by atoms with Crippen molar-refractivity contribution in [1.82, 2.24) is 0 Å². The van der Waals surface area contributed by atoms with E-state index >= 15 is 0 Å². The van der Waals surface area contributed by atoms with Crippen LogP contribution in [0, 0.1) is 0 Å². The van der Waals surface area contributed by atoms with E-state index in [1.807, 2.05) is 12.2 Å². The Labute approximate surface area is 66.1 Å². The van der Waals surface area contributed by atoms with Crippen LogP contribution in [0.3, 0.4) is 0 Å². The van der Waals surface area contributed by atoms with Gasteiger partial charge in [0.2, 0.25) is 0 Å². The zero-order valence-corrected chi connectivity index (χ0v) is 6.35. The van der Waals surface area contributed by atoms with Crippen LogP contribution in [0.1, 0.15) is 12.8 Å². The average molecular weight is 155 g/mol. The van der Waals surface area contributed by atoms with Gasteiger partial charge in [-0.3, -0.25) is 4.99 Å². The summed E-state index contributed by atoms with van der Waals surface area (Å²) in [4.78, 5) is 4.13. The molecule has 1 aliphatic rings. The van der Waals surface area contributed by atoms with Gasteiger partial charge in [-0.15, -0.1) is 0 Å². The van der Waals surface area contributed by atoms with Crippen molar-refractivity contribution in [1.29, 1.82) is 0 Å². The van der Waals surface area contributed by atoms with Gasteiger partial charge in [0, 0.05) is 6.21 Å². The van der Waals surface area contributed by atoms with Gasteiger partial charge in [0.15, 0.2) is 0 Å². The topological polar surface area (TPSA) is 52.8 Å². The van der Waals surface area contributed by atoms with Crippen molar-refractivity contribution in [2.24, 2.45) is 4.99 Å². The second-order valence-electron chi connectivity index (χ2n) is 2.69. The predicted octanol–water partition coefficient (Wildman–Crippen LogP) is 0.129. The third-order valence-corrected chi connectivity index (χ3v) is 1.68. The minimum atomic E-state index is -0.622. The van der Waals surface area contributed by atoms with E-state index in [-0.39, 0.29) is 12.6 Å². The summed E-state index contributed by atoms with van der Waals surface area (Å²) in [5, 5.41) is 17.6. The van der Waals surface area contributed by atoms with E-state index in [2.05, 4.69) is 4.99 Å². The molecule has 0 radical (unpaired) electrons. The van der Waals surface area contributed by atoms with Crippen molar-refractivity contribution in [3.8, 4) is 0 Å². The van der Waals surface area contributed by atoms with Gasteiger partial charge in [-0.1, -0.05) is 6.08 Å². The predicted molar refractivity (Wildman–Crippen MR) is 43.7 cm³/mol. The van der Waals surface area contributed by atoms with E-state index < -0.39 is 6.10 Å². The van der Waals surface area contributed by atoms with Crippen LogP contribution in [0.4, 0.5) is 0 Å². The van der Waals surface area contributed by atoms with E-state index in [1.165, 1.54) is 0 Å². The maximum Gasteiger partial charge on any atom is 0.0791 e. The van der Waals surface area contributed by atoms with E-state index in [9.17, 15) is 0 Å². The lowest BCUT2D eigenvalue weighted by molar-refractivity contribution is 0.0830. The Hall–Kier alpha value is -0.670. The molecule has 0 bridgehead atoms. The van der Waals surface area contributed by atoms with Crippen LogP contribution < -0.4 is 0 Å². The summed E-state index contributed by atoms with van der Waals surface area (Å²) in [5.41, 5.74) is 0. The van der Waals surface area contributed by atoms with Gasteiger partial charge in [-0.2, -0.15) is 0 Å². The fourth-order valence-electron chi connectivity index (χ4n) is 1.07. The normalized spacial score (nSPS) is 25.5. The summed E-state index contributed by atoms with van der Waals surface area (Å²) in [6.07, 6.45) is 6.44. The molecule has 0 amide bonds. The second kappa shape index (κ2) is 4.26. The standard InChI is InChI=1S/C8H13NO2/c10-6-8(11)5-7-3-1-2-4-9-7/h1-2,4,7-8,10-11H,3,5-6H2. The molecule has 0 saturated carbocycles.